The highest BCUT2D eigenvalue weighted by Crippen LogP contribution is 2.27. The Bertz CT molecular complexity index is 798. The van der Waals surface area contributed by atoms with Gasteiger partial charge < -0.3 is 14.7 Å². The van der Waals surface area contributed by atoms with E-state index in [0.717, 1.165) is 37.3 Å². The van der Waals surface area contributed by atoms with Crippen molar-refractivity contribution in [3.05, 3.63) is 65.7 Å². The molecular weight excluding hydrogens is 326 g/mol. The van der Waals surface area contributed by atoms with Gasteiger partial charge in [0.1, 0.15) is 0 Å². The van der Waals surface area contributed by atoms with Crippen LogP contribution in [0.4, 0.5) is 5.69 Å². The number of nitrogens with one attached hydrogen (secondary N) is 1. The molecule has 2 aliphatic rings. The van der Waals surface area contributed by atoms with E-state index in [1.54, 1.807) is 0 Å². The quantitative estimate of drug-likeness (QED) is 0.882. The minimum atomic E-state index is 0.0875. The van der Waals surface area contributed by atoms with Crippen LogP contribution in [0.5, 0.6) is 0 Å². The van der Waals surface area contributed by atoms with E-state index in [-0.39, 0.29) is 11.8 Å². The first kappa shape index (κ1) is 16.8. The minimum absolute atomic E-state index is 0.0875. The zero-order valence-corrected chi connectivity index (χ0v) is 14.9. The molecule has 2 amide bonds. The molecule has 2 aromatic carbocycles. The normalized spacial score (nSPS) is 17.2. The van der Waals surface area contributed by atoms with Gasteiger partial charge in [-0.25, -0.2) is 0 Å². The molecule has 1 fully saturated rings. The standard InChI is InChI=1S/C21H23N3O2/c25-20(24-11-10-17-6-4-5-9-19(17)24)16-22-12-14-23(15-13-22)21(26)18-7-2-1-3-8-18/h1-9H,10-16H2/p+1. The molecular formula is C21H24N3O2+. The summed E-state index contributed by atoms with van der Waals surface area (Å²) in [6, 6.07) is 17.6. The average Bonchev–Trinajstić information content (AvgIpc) is 3.13. The minimum Gasteiger partial charge on any atom is -0.327 e. The van der Waals surface area contributed by atoms with Crippen molar-refractivity contribution in [1.29, 1.82) is 0 Å². The van der Waals surface area contributed by atoms with Gasteiger partial charge >= 0.3 is 0 Å². The molecule has 4 rings (SSSR count). The number of benzene rings is 2. The maximum atomic E-state index is 12.7. The molecule has 5 nitrogen and oxygen atoms in total. The third-order valence-electron chi connectivity index (χ3n) is 5.37. The maximum absolute atomic E-state index is 12.7. The summed E-state index contributed by atoms with van der Waals surface area (Å²) in [4.78, 5) is 30.3. The number of piperazine rings is 1. The molecule has 26 heavy (non-hydrogen) atoms. The van der Waals surface area contributed by atoms with Crippen molar-refractivity contribution < 1.29 is 14.5 Å². The van der Waals surface area contributed by atoms with Crippen molar-refractivity contribution >= 4 is 17.5 Å². The Morgan fingerprint density at radius 3 is 2.35 bits per heavy atom. The number of amides is 2. The Kier molecular flexibility index (Phi) is 4.71. The van der Waals surface area contributed by atoms with Gasteiger partial charge in [0.25, 0.3) is 11.8 Å². The van der Waals surface area contributed by atoms with Gasteiger partial charge in [-0.3, -0.25) is 9.59 Å². The predicted molar refractivity (Wildman–Crippen MR) is 100 cm³/mol. The van der Waals surface area contributed by atoms with Crippen molar-refractivity contribution in [2.45, 2.75) is 6.42 Å². The van der Waals surface area contributed by atoms with Crippen molar-refractivity contribution in [2.24, 2.45) is 0 Å². The molecule has 0 aromatic heterocycles. The number of anilines is 1. The first-order chi connectivity index (χ1) is 12.7. The lowest BCUT2D eigenvalue weighted by Gasteiger charge is -2.32. The molecule has 5 heteroatoms. The summed E-state index contributed by atoms with van der Waals surface area (Å²) in [5.74, 6) is 0.275. The van der Waals surface area contributed by atoms with E-state index in [9.17, 15) is 9.59 Å². The third-order valence-corrected chi connectivity index (χ3v) is 5.37. The van der Waals surface area contributed by atoms with Crippen LogP contribution in [-0.2, 0) is 11.2 Å². The van der Waals surface area contributed by atoms with Gasteiger partial charge in [-0.05, 0) is 30.2 Å². The molecule has 1 N–H and O–H groups in total. The fourth-order valence-electron chi connectivity index (χ4n) is 3.87. The zero-order chi connectivity index (χ0) is 17.9. The smallest absolute Gasteiger partial charge is 0.282 e. The molecule has 0 bridgehead atoms. The highest BCUT2D eigenvalue weighted by molar-refractivity contribution is 5.96. The highest BCUT2D eigenvalue weighted by atomic mass is 16.2. The van der Waals surface area contributed by atoms with Gasteiger partial charge in [0.15, 0.2) is 6.54 Å². The van der Waals surface area contributed by atoms with E-state index in [1.165, 1.54) is 10.5 Å². The molecule has 0 spiro atoms. The van der Waals surface area contributed by atoms with E-state index in [2.05, 4.69) is 6.07 Å². The number of quaternary nitrogens is 1. The van der Waals surface area contributed by atoms with Crippen LogP contribution < -0.4 is 9.80 Å². The van der Waals surface area contributed by atoms with Crippen LogP contribution in [0.15, 0.2) is 54.6 Å². The molecule has 1 saturated heterocycles. The first-order valence-electron chi connectivity index (χ1n) is 9.28. The zero-order valence-electron chi connectivity index (χ0n) is 14.9. The maximum Gasteiger partial charge on any atom is 0.282 e. The van der Waals surface area contributed by atoms with E-state index in [1.807, 2.05) is 58.3 Å². The lowest BCUT2D eigenvalue weighted by atomic mass is 10.2. The molecule has 134 valence electrons. The SMILES string of the molecule is O=C(c1ccccc1)N1CC[NH+](CC(=O)N2CCc3ccccc32)CC1. The lowest BCUT2D eigenvalue weighted by Crippen LogP contribution is -3.15. The molecule has 0 atom stereocenters. The Labute approximate surface area is 153 Å². The molecule has 2 aliphatic heterocycles. The number of fused-ring (bicyclic) bond motifs is 1. The van der Waals surface area contributed by atoms with Crippen molar-refractivity contribution in [2.75, 3.05) is 44.2 Å². The second kappa shape index (κ2) is 7.30. The second-order valence-corrected chi connectivity index (χ2v) is 7.01. The van der Waals surface area contributed by atoms with E-state index in [0.29, 0.717) is 19.6 Å². The largest absolute Gasteiger partial charge is 0.327 e. The topological polar surface area (TPSA) is 45.1 Å². The van der Waals surface area contributed by atoms with Crippen LogP contribution in [0.3, 0.4) is 0 Å². The summed E-state index contributed by atoms with van der Waals surface area (Å²) < 4.78 is 0. The van der Waals surface area contributed by atoms with Crippen molar-refractivity contribution in [1.82, 2.24) is 4.90 Å². The number of carbonyl (C=O) groups excluding carboxylic acids is 2. The molecule has 2 aromatic rings. The number of rotatable bonds is 3. The molecule has 0 aliphatic carbocycles. The van der Waals surface area contributed by atoms with Crippen molar-refractivity contribution in [3.8, 4) is 0 Å². The summed E-state index contributed by atoms with van der Waals surface area (Å²) in [6.45, 7) is 4.32. The van der Waals surface area contributed by atoms with Gasteiger partial charge in [0.05, 0.1) is 26.2 Å². The summed E-state index contributed by atoms with van der Waals surface area (Å²) in [5.41, 5.74) is 3.06. The highest BCUT2D eigenvalue weighted by Gasteiger charge is 2.30. The monoisotopic (exact) mass is 350 g/mol. The van der Waals surface area contributed by atoms with Crippen LogP contribution in [0, 0.1) is 0 Å². The Morgan fingerprint density at radius 1 is 0.885 bits per heavy atom. The first-order valence-corrected chi connectivity index (χ1v) is 9.28. The molecule has 0 saturated carbocycles. The number of carbonyl (C=O) groups is 2. The number of hydrogen-bond donors (Lipinski definition) is 1. The fraction of sp³-hybridized carbons (Fsp3) is 0.333. The number of nitrogens with zero attached hydrogens (tertiary/aromatic N) is 2. The Morgan fingerprint density at radius 2 is 1.58 bits per heavy atom. The van der Waals surface area contributed by atoms with Gasteiger partial charge in [0, 0.05) is 17.8 Å². The Balaban J connectivity index is 1.32. The summed E-state index contributed by atoms with van der Waals surface area (Å²) in [6.07, 6.45) is 0.941. The molecule has 2 heterocycles. The van der Waals surface area contributed by atoms with Crippen LogP contribution >= 0.6 is 0 Å². The van der Waals surface area contributed by atoms with E-state index >= 15 is 0 Å². The van der Waals surface area contributed by atoms with Gasteiger partial charge in [-0.2, -0.15) is 0 Å². The summed E-state index contributed by atoms with van der Waals surface area (Å²) in [5, 5.41) is 0. The van der Waals surface area contributed by atoms with Gasteiger partial charge in [-0.15, -0.1) is 0 Å². The van der Waals surface area contributed by atoms with E-state index < -0.39 is 0 Å². The van der Waals surface area contributed by atoms with Crippen molar-refractivity contribution in [3.63, 3.8) is 0 Å². The van der Waals surface area contributed by atoms with Crippen LogP contribution in [-0.4, -0.2) is 56.0 Å². The van der Waals surface area contributed by atoms with Crippen LogP contribution in [0.25, 0.3) is 0 Å². The predicted octanol–water partition coefficient (Wildman–Crippen LogP) is 0.617. The number of para-hydroxylation sites is 1. The van der Waals surface area contributed by atoms with Gasteiger partial charge in [-0.1, -0.05) is 36.4 Å². The lowest BCUT2D eigenvalue weighted by molar-refractivity contribution is -0.895. The molecule has 0 unspecified atom stereocenters. The second-order valence-electron chi connectivity index (χ2n) is 7.01. The van der Waals surface area contributed by atoms with Crippen LogP contribution in [0.2, 0.25) is 0 Å². The van der Waals surface area contributed by atoms with Crippen LogP contribution in [0.1, 0.15) is 15.9 Å². The third kappa shape index (κ3) is 3.35. The summed E-state index contributed by atoms with van der Waals surface area (Å²) in [7, 11) is 0. The average molecular weight is 350 g/mol. The Hall–Kier alpha value is -2.66. The fourth-order valence-corrected chi connectivity index (χ4v) is 3.87. The summed E-state index contributed by atoms with van der Waals surface area (Å²) >= 11 is 0. The number of hydrogen-bond acceptors (Lipinski definition) is 2. The van der Waals surface area contributed by atoms with Gasteiger partial charge in [0.2, 0.25) is 0 Å². The molecule has 0 radical (unpaired) electrons. The van der Waals surface area contributed by atoms with E-state index in [4.69, 9.17) is 0 Å².